The highest BCUT2D eigenvalue weighted by atomic mass is 35.5. The number of halogens is 1. The molecular formula is C16H21ClN4O2. The third-order valence-electron chi connectivity index (χ3n) is 3.32. The van der Waals surface area contributed by atoms with Crippen LogP contribution in [-0.4, -0.2) is 50.1 Å². The summed E-state index contributed by atoms with van der Waals surface area (Å²) in [5.41, 5.74) is 0.782. The van der Waals surface area contributed by atoms with Crippen molar-refractivity contribution in [3.63, 3.8) is 0 Å². The maximum absolute atomic E-state index is 12.6. The number of likely N-dealkylation sites (N-methyl/N-ethyl adjacent to an activating group) is 1. The maximum Gasteiger partial charge on any atom is 0.276 e. The van der Waals surface area contributed by atoms with E-state index in [-0.39, 0.29) is 12.5 Å². The zero-order valence-electron chi connectivity index (χ0n) is 13.7. The zero-order chi connectivity index (χ0) is 17.2. The van der Waals surface area contributed by atoms with Gasteiger partial charge in [0.1, 0.15) is 0 Å². The van der Waals surface area contributed by atoms with E-state index in [1.807, 2.05) is 19.1 Å². The smallest absolute Gasteiger partial charge is 0.276 e. The number of nitrogens with zero attached hydrogens (tertiary/aromatic N) is 4. The maximum atomic E-state index is 12.6. The van der Waals surface area contributed by atoms with Crippen LogP contribution in [0, 0.1) is 0 Å². The van der Waals surface area contributed by atoms with Crippen molar-refractivity contribution < 1.29 is 9.90 Å². The van der Waals surface area contributed by atoms with E-state index in [1.165, 1.54) is 4.90 Å². The molecule has 124 valence electrons. The van der Waals surface area contributed by atoms with Crippen LogP contribution in [0.25, 0.3) is 5.69 Å². The van der Waals surface area contributed by atoms with Crippen LogP contribution in [0.15, 0.2) is 24.3 Å². The van der Waals surface area contributed by atoms with Gasteiger partial charge in [0, 0.05) is 18.6 Å². The Morgan fingerprint density at radius 1 is 1.43 bits per heavy atom. The van der Waals surface area contributed by atoms with Crippen molar-refractivity contribution in [2.45, 2.75) is 32.8 Å². The number of amides is 1. The van der Waals surface area contributed by atoms with Gasteiger partial charge in [-0.05, 0) is 38.5 Å². The molecular weight excluding hydrogens is 316 g/mol. The van der Waals surface area contributed by atoms with Gasteiger partial charge in [-0.15, -0.1) is 5.10 Å². The highest BCUT2D eigenvalue weighted by molar-refractivity contribution is 6.30. The van der Waals surface area contributed by atoms with Crippen molar-refractivity contribution in [3.8, 4) is 5.69 Å². The van der Waals surface area contributed by atoms with Crippen LogP contribution in [0.1, 0.15) is 37.0 Å². The Hall–Kier alpha value is -1.92. The summed E-state index contributed by atoms with van der Waals surface area (Å²) >= 11 is 6.02. The van der Waals surface area contributed by atoms with E-state index >= 15 is 0 Å². The fourth-order valence-corrected chi connectivity index (χ4v) is 2.62. The second-order valence-electron chi connectivity index (χ2n) is 6.10. The summed E-state index contributed by atoms with van der Waals surface area (Å²) in [5, 5.41) is 18.6. The van der Waals surface area contributed by atoms with Gasteiger partial charge in [0.2, 0.25) is 0 Å². The first-order valence-electron chi connectivity index (χ1n) is 7.41. The van der Waals surface area contributed by atoms with E-state index in [4.69, 9.17) is 11.6 Å². The summed E-state index contributed by atoms with van der Waals surface area (Å²) in [7, 11) is 1.64. The third-order valence-corrected chi connectivity index (χ3v) is 3.56. The SMILES string of the molecule is CCc1c(C(=O)N(C)CC(C)(C)O)nnn1-c1cccc(Cl)c1. The van der Waals surface area contributed by atoms with Crippen LogP contribution in [0.3, 0.4) is 0 Å². The zero-order valence-corrected chi connectivity index (χ0v) is 14.5. The topological polar surface area (TPSA) is 71.2 Å². The molecule has 23 heavy (non-hydrogen) atoms. The van der Waals surface area contributed by atoms with Crippen molar-refractivity contribution in [2.75, 3.05) is 13.6 Å². The number of aromatic nitrogens is 3. The van der Waals surface area contributed by atoms with Gasteiger partial charge in [-0.2, -0.15) is 0 Å². The highest BCUT2D eigenvalue weighted by Crippen LogP contribution is 2.19. The fraction of sp³-hybridized carbons (Fsp3) is 0.438. The Kier molecular flexibility index (Phi) is 5.06. The second kappa shape index (κ2) is 6.68. The molecule has 6 nitrogen and oxygen atoms in total. The van der Waals surface area contributed by atoms with Crippen LogP contribution >= 0.6 is 11.6 Å². The Labute approximate surface area is 140 Å². The van der Waals surface area contributed by atoms with Crippen molar-refractivity contribution >= 4 is 17.5 Å². The Bertz CT molecular complexity index is 706. The van der Waals surface area contributed by atoms with E-state index < -0.39 is 5.60 Å². The number of aliphatic hydroxyl groups is 1. The molecule has 0 saturated heterocycles. The second-order valence-corrected chi connectivity index (χ2v) is 6.54. The molecule has 7 heteroatoms. The number of benzene rings is 1. The minimum absolute atomic E-state index is 0.207. The van der Waals surface area contributed by atoms with E-state index in [9.17, 15) is 9.90 Å². The number of hydrogen-bond donors (Lipinski definition) is 1. The molecule has 1 amide bonds. The van der Waals surface area contributed by atoms with Gasteiger partial charge < -0.3 is 10.0 Å². The minimum Gasteiger partial charge on any atom is -0.389 e. The average Bonchev–Trinajstić information content (AvgIpc) is 2.88. The van der Waals surface area contributed by atoms with Gasteiger partial charge in [0.05, 0.1) is 17.0 Å². The summed E-state index contributed by atoms with van der Waals surface area (Å²) < 4.78 is 1.62. The van der Waals surface area contributed by atoms with E-state index in [0.717, 1.165) is 5.69 Å². The molecule has 1 aromatic heterocycles. The highest BCUT2D eigenvalue weighted by Gasteiger charge is 2.25. The predicted molar refractivity (Wildman–Crippen MR) is 89.0 cm³/mol. The predicted octanol–water partition coefficient (Wildman–Crippen LogP) is 2.33. The summed E-state index contributed by atoms with van der Waals surface area (Å²) in [5.74, 6) is -0.266. The Balaban J connectivity index is 2.36. The molecule has 1 heterocycles. The lowest BCUT2D eigenvalue weighted by molar-refractivity contribution is 0.0364. The van der Waals surface area contributed by atoms with Crippen LogP contribution in [-0.2, 0) is 6.42 Å². The molecule has 1 N–H and O–H groups in total. The number of hydrogen-bond acceptors (Lipinski definition) is 4. The first-order chi connectivity index (χ1) is 10.7. The molecule has 0 aliphatic carbocycles. The lowest BCUT2D eigenvalue weighted by Gasteiger charge is -2.25. The molecule has 0 radical (unpaired) electrons. The quantitative estimate of drug-likeness (QED) is 0.909. The molecule has 2 aromatic rings. The van der Waals surface area contributed by atoms with Crippen LogP contribution in [0.2, 0.25) is 5.02 Å². The largest absolute Gasteiger partial charge is 0.389 e. The van der Waals surface area contributed by atoms with E-state index in [2.05, 4.69) is 10.3 Å². The number of carbonyl (C=O) groups is 1. The standard InChI is InChI=1S/C16H21ClN4O2/c1-5-13-14(15(22)20(4)10-16(2,3)23)18-19-21(13)12-8-6-7-11(17)9-12/h6-9,23H,5,10H2,1-4H3. The van der Waals surface area contributed by atoms with Crippen molar-refractivity contribution in [2.24, 2.45) is 0 Å². The average molecular weight is 337 g/mol. The van der Waals surface area contributed by atoms with Crippen molar-refractivity contribution in [3.05, 3.63) is 40.7 Å². The summed E-state index contributed by atoms with van der Waals surface area (Å²) in [6, 6.07) is 7.22. The van der Waals surface area contributed by atoms with Crippen LogP contribution < -0.4 is 0 Å². The third kappa shape index (κ3) is 4.09. The van der Waals surface area contributed by atoms with Gasteiger partial charge in [0.15, 0.2) is 5.69 Å². The van der Waals surface area contributed by atoms with E-state index in [1.54, 1.807) is 37.7 Å². The molecule has 0 unspecified atom stereocenters. The van der Waals surface area contributed by atoms with Gasteiger partial charge in [-0.1, -0.05) is 29.8 Å². The lowest BCUT2D eigenvalue weighted by Crippen LogP contribution is -2.40. The molecule has 0 spiro atoms. The van der Waals surface area contributed by atoms with Gasteiger partial charge >= 0.3 is 0 Å². The minimum atomic E-state index is -0.972. The summed E-state index contributed by atoms with van der Waals surface area (Å²) in [6.07, 6.45) is 0.594. The summed E-state index contributed by atoms with van der Waals surface area (Å²) in [6.45, 7) is 5.45. The Morgan fingerprint density at radius 2 is 2.13 bits per heavy atom. The van der Waals surface area contributed by atoms with Crippen LogP contribution in [0.5, 0.6) is 0 Å². The molecule has 1 aromatic carbocycles. The first kappa shape index (κ1) is 17.4. The number of rotatable bonds is 5. The van der Waals surface area contributed by atoms with E-state index in [0.29, 0.717) is 22.8 Å². The molecule has 0 aliphatic heterocycles. The summed E-state index contributed by atoms with van der Waals surface area (Å²) in [4.78, 5) is 14.0. The number of carbonyl (C=O) groups excluding carboxylic acids is 1. The van der Waals surface area contributed by atoms with Gasteiger partial charge in [-0.3, -0.25) is 4.79 Å². The molecule has 0 fully saturated rings. The van der Waals surface area contributed by atoms with Crippen LogP contribution in [0.4, 0.5) is 0 Å². The lowest BCUT2D eigenvalue weighted by atomic mass is 10.1. The van der Waals surface area contributed by atoms with Crippen molar-refractivity contribution in [1.82, 2.24) is 19.9 Å². The fourth-order valence-electron chi connectivity index (χ4n) is 2.43. The molecule has 2 rings (SSSR count). The first-order valence-corrected chi connectivity index (χ1v) is 7.79. The van der Waals surface area contributed by atoms with Gasteiger partial charge in [0.25, 0.3) is 5.91 Å². The molecule has 0 saturated carbocycles. The Morgan fingerprint density at radius 3 is 2.70 bits per heavy atom. The molecule has 0 aliphatic rings. The molecule has 0 atom stereocenters. The normalized spacial score (nSPS) is 11.6. The van der Waals surface area contributed by atoms with Crippen molar-refractivity contribution in [1.29, 1.82) is 0 Å². The monoisotopic (exact) mass is 336 g/mol. The molecule has 0 bridgehead atoms. The van der Waals surface area contributed by atoms with Gasteiger partial charge in [-0.25, -0.2) is 4.68 Å².